The molecule has 32 heavy (non-hydrogen) atoms. The lowest BCUT2D eigenvalue weighted by atomic mass is 9.78. The van der Waals surface area contributed by atoms with Gasteiger partial charge in [0.15, 0.2) is 0 Å². The van der Waals surface area contributed by atoms with Crippen molar-refractivity contribution >= 4 is 15.9 Å². The van der Waals surface area contributed by atoms with Crippen LogP contribution in [0.2, 0.25) is 0 Å². The van der Waals surface area contributed by atoms with E-state index in [2.05, 4.69) is 29.3 Å². The third kappa shape index (κ3) is 4.75. The van der Waals surface area contributed by atoms with Crippen LogP contribution in [0.5, 0.6) is 0 Å². The summed E-state index contributed by atoms with van der Waals surface area (Å²) >= 11 is 0. The molecule has 0 saturated carbocycles. The van der Waals surface area contributed by atoms with Gasteiger partial charge < -0.3 is 10.2 Å². The van der Waals surface area contributed by atoms with Gasteiger partial charge in [-0.25, -0.2) is 12.7 Å². The highest BCUT2D eigenvalue weighted by atomic mass is 32.2. The molecule has 0 radical (unpaired) electrons. The predicted molar refractivity (Wildman–Crippen MR) is 126 cm³/mol. The molecule has 0 aliphatic carbocycles. The molecule has 4 rings (SSSR count). The first kappa shape index (κ1) is 23.0. The van der Waals surface area contributed by atoms with Crippen molar-refractivity contribution in [3.8, 4) is 0 Å². The standard InChI is InChI=1S/C25H33N3O3S/c1-25(21-9-5-3-6-10-21,19-27(2)32(30,31)22-11-7-4-8-12-22)14-16-28-15-13-20-17-26-24(29)23(20)18-28/h3-12,20,23H,13-19H2,1-2H3,(H,26,29)/t20?,23?,25-/m1/s1. The molecule has 1 amide bonds. The second kappa shape index (κ2) is 9.33. The van der Waals surface area contributed by atoms with Crippen molar-refractivity contribution in [3.05, 3.63) is 66.2 Å². The number of hydrogen-bond donors (Lipinski definition) is 1. The first-order chi connectivity index (χ1) is 15.3. The fourth-order valence-corrected chi connectivity index (χ4v) is 6.40. The van der Waals surface area contributed by atoms with Gasteiger partial charge in [0.1, 0.15) is 0 Å². The maximum absolute atomic E-state index is 13.2. The molecule has 2 aliphatic rings. The summed E-state index contributed by atoms with van der Waals surface area (Å²) in [5, 5.41) is 3.00. The third-order valence-corrected chi connectivity index (χ3v) is 9.01. The van der Waals surface area contributed by atoms with Crippen LogP contribution in [0.4, 0.5) is 0 Å². The van der Waals surface area contributed by atoms with E-state index in [1.165, 1.54) is 4.31 Å². The van der Waals surface area contributed by atoms with E-state index in [0.717, 1.165) is 44.6 Å². The van der Waals surface area contributed by atoms with Gasteiger partial charge in [-0.05, 0) is 49.5 Å². The number of amides is 1. The molecule has 0 spiro atoms. The van der Waals surface area contributed by atoms with Crippen molar-refractivity contribution in [3.63, 3.8) is 0 Å². The van der Waals surface area contributed by atoms with Crippen molar-refractivity contribution in [2.24, 2.45) is 11.8 Å². The average molecular weight is 456 g/mol. The predicted octanol–water partition coefficient (Wildman–Crippen LogP) is 2.72. The fourth-order valence-electron chi connectivity index (χ4n) is 5.08. The molecule has 2 saturated heterocycles. The fraction of sp³-hybridized carbons (Fsp3) is 0.480. The smallest absolute Gasteiger partial charge is 0.242 e. The molecule has 0 aromatic heterocycles. The van der Waals surface area contributed by atoms with Gasteiger partial charge in [0, 0.05) is 32.1 Å². The number of likely N-dealkylation sites (N-methyl/N-ethyl adjacent to an activating group) is 1. The van der Waals surface area contributed by atoms with Crippen LogP contribution >= 0.6 is 0 Å². The molecule has 2 aromatic carbocycles. The van der Waals surface area contributed by atoms with E-state index in [4.69, 9.17) is 0 Å². The topological polar surface area (TPSA) is 69.7 Å². The maximum Gasteiger partial charge on any atom is 0.242 e. The molecule has 0 bridgehead atoms. The van der Waals surface area contributed by atoms with Crippen molar-refractivity contribution in [2.45, 2.75) is 30.1 Å². The van der Waals surface area contributed by atoms with Crippen molar-refractivity contribution in [1.82, 2.24) is 14.5 Å². The van der Waals surface area contributed by atoms with Crippen LogP contribution in [0.15, 0.2) is 65.6 Å². The molecule has 2 fully saturated rings. The Bertz CT molecular complexity index is 1030. The van der Waals surface area contributed by atoms with E-state index < -0.39 is 10.0 Å². The summed E-state index contributed by atoms with van der Waals surface area (Å²) < 4.78 is 27.8. The van der Waals surface area contributed by atoms with Gasteiger partial charge in [0.25, 0.3) is 0 Å². The number of carbonyl (C=O) groups excluding carboxylic acids is 1. The number of nitrogens with one attached hydrogen (secondary N) is 1. The van der Waals surface area contributed by atoms with Crippen molar-refractivity contribution in [2.75, 3.05) is 39.8 Å². The minimum absolute atomic E-state index is 0.0906. The van der Waals surface area contributed by atoms with Crippen molar-refractivity contribution in [1.29, 1.82) is 0 Å². The molecule has 7 heteroatoms. The van der Waals surface area contributed by atoms with Gasteiger partial charge in [0.05, 0.1) is 10.8 Å². The van der Waals surface area contributed by atoms with Crippen LogP contribution in [-0.2, 0) is 20.2 Å². The summed E-state index contributed by atoms with van der Waals surface area (Å²) in [7, 11) is -1.91. The highest BCUT2D eigenvalue weighted by Crippen LogP contribution is 2.33. The molecular weight excluding hydrogens is 422 g/mol. The number of nitrogens with zero attached hydrogens (tertiary/aromatic N) is 2. The van der Waals surface area contributed by atoms with Gasteiger partial charge >= 0.3 is 0 Å². The Morgan fingerprint density at radius 3 is 2.44 bits per heavy atom. The maximum atomic E-state index is 13.2. The van der Waals surface area contributed by atoms with Gasteiger partial charge in [-0.3, -0.25) is 4.79 Å². The monoisotopic (exact) mass is 455 g/mol. The van der Waals surface area contributed by atoms with E-state index >= 15 is 0 Å². The van der Waals surface area contributed by atoms with Crippen LogP contribution in [0, 0.1) is 11.8 Å². The summed E-state index contributed by atoms with van der Waals surface area (Å²) in [6, 6.07) is 18.8. The van der Waals surface area contributed by atoms with E-state index in [1.807, 2.05) is 24.3 Å². The number of benzene rings is 2. The van der Waals surface area contributed by atoms with E-state index in [-0.39, 0.29) is 17.2 Å². The number of piperidine rings is 1. The molecule has 2 aliphatic heterocycles. The number of likely N-dealkylation sites (tertiary alicyclic amines) is 1. The summed E-state index contributed by atoms with van der Waals surface area (Å²) in [6.07, 6.45) is 1.85. The lowest BCUT2D eigenvalue weighted by Crippen LogP contribution is -2.45. The van der Waals surface area contributed by atoms with E-state index in [0.29, 0.717) is 17.4 Å². The molecule has 3 atom stereocenters. The van der Waals surface area contributed by atoms with Gasteiger partial charge in [-0.2, -0.15) is 0 Å². The second-order valence-corrected chi connectivity index (χ2v) is 11.5. The zero-order valence-electron chi connectivity index (χ0n) is 18.9. The van der Waals surface area contributed by atoms with Crippen LogP contribution < -0.4 is 5.32 Å². The number of rotatable bonds is 8. The molecule has 2 aromatic rings. The SMILES string of the molecule is CN(C[C@@](C)(CCN1CCC2CNC(=O)C2C1)c1ccccc1)S(=O)(=O)c1ccccc1. The van der Waals surface area contributed by atoms with Crippen LogP contribution in [-0.4, -0.2) is 63.3 Å². The van der Waals surface area contributed by atoms with E-state index in [1.54, 1.807) is 31.3 Å². The Kier molecular flexibility index (Phi) is 6.70. The second-order valence-electron chi connectivity index (χ2n) is 9.45. The molecule has 2 unspecified atom stereocenters. The lowest BCUT2D eigenvalue weighted by Gasteiger charge is -2.38. The highest BCUT2D eigenvalue weighted by molar-refractivity contribution is 7.89. The van der Waals surface area contributed by atoms with Gasteiger partial charge in [-0.1, -0.05) is 55.5 Å². The summed E-state index contributed by atoms with van der Waals surface area (Å²) in [5.74, 6) is 0.730. The highest BCUT2D eigenvalue weighted by Gasteiger charge is 2.40. The van der Waals surface area contributed by atoms with E-state index in [9.17, 15) is 13.2 Å². The van der Waals surface area contributed by atoms with Gasteiger partial charge in [-0.15, -0.1) is 0 Å². The minimum Gasteiger partial charge on any atom is -0.356 e. The summed E-state index contributed by atoms with van der Waals surface area (Å²) in [4.78, 5) is 14.8. The first-order valence-corrected chi connectivity index (χ1v) is 12.8. The Morgan fingerprint density at radius 2 is 1.75 bits per heavy atom. The first-order valence-electron chi connectivity index (χ1n) is 11.4. The molecular formula is C25H33N3O3S. The molecule has 1 N–H and O–H groups in total. The molecule has 6 nitrogen and oxygen atoms in total. The minimum atomic E-state index is -3.58. The number of carbonyl (C=O) groups is 1. The van der Waals surface area contributed by atoms with Crippen LogP contribution in [0.1, 0.15) is 25.3 Å². The number of hydrogen-bond acceptors (Lipinski definition) is 4. The quantitative estimate of drug-likeness (QED) is 0.665. The Balaban J connectivity index is 1.51. The number of sulfonamides is 1. The number of fused-ring (bicyclic) bond motifs is 1. The largest absolute Gasteiger partial charge is 0.356 e. The normalized spacial score (nSPS) is 23.5. The summed E-state index contributed by atoms with van der Waals surface area (Å²) in [5.41, 5.74) is 0.774. The Hall–Kier alpha value is -2.22. The van der Waals surface area contributed by atoms with Crippen molar-refractivity contribution < 1.29 is 13.2 Å². The molecule has 2 heterocycles. The zero-order chi connectivity index (χ0) is 22.8. The average Bonchev–Trinajstić information content (AvgIpc) is 3.19. The zero-order valence-corrected chi connectivity index (χ0v) is 19.7. The van der Waals surface area contributed by atoms with Gasteiger partial charge in [0.2, 0.25) is 15.9 Å². The molecule has 172 valence electrons. The Labute approximate surface area is 191 Å². The third-order valence-electron chi connectivity index (χ3n) is 7.19. The van der Waals surface area contributed by atoms with Crippen LogP contribution in [0.3, 0.4) is 0 Å². The lowest BCUT2D eigenvalue weighted by molar-refractivity contribution is -0.124. The summed E-state index contributed by atoms with van der Waals surface area (Å²) in [6.45, 7) is 5.95. The Morgan fingerprint density at radius 1 is 1.09 bits per heavy atom. The van der Waals surface area contributed by atoms with Crippen LogP contribution in [0.25, 0.3) is 0 Å².